The van der Waals surface area contributed by atoms with E-state index in [0.717, 1.165) is 15.4 Å². The van der Waals surface area contributed by atoms with E-state index in [1.807, 2.05) is 18.2 Å². The van der Waals surface area contributed by atoms with Crippen LogP contribution in [0.4, 0.5) is 0 Å². The van der Waals surface area contributed by atoms with Crippen LogP contribution in [0.15, 0.2) is 24.4 Å². The summed E-state index contributed by atoms with van der Waals surface area (Å²) in [6, 6.07) is 7.77. The predicted octanol–water partition coefficient (Wildman–Crippen LogP) is 2.89. The van der Waals surface area contributed by atoms with Crippen molar-refractivity contribution in [1.82, 2.24) is 4.98 Å². The third-order valence-electron chi connectivity index (χ3n) is 2.44. The molecule has 0 unspecified atom stereocenters. The first-order chi connectivity index (χ1) is 8.80. The Morgan fingerprint density at radius 2 is 2.17 bits per heavy atom. The number of methoxy groups -OCH3 is 2. The van der Waals surface area contributed by atoms with E-state index < -0.39 is 0 Å². The highest BCUT2D eigenvalue weighted by atomic mass is 32.1. The molecular weight excluding hydrogens is 248 g/mol. The van der Waals surface area contributed by atoms with E-state index in [9.17, 15) is 0 Å². The van der Waals surface area contributed by atoms with Crippen LogP contribution in [0.2, 0.25) is 0 Å². The van der Waals surface area contributed by atoms with E-state index in [2.05, 4.69) is 11.1 Å². The first-order valence-electron chi connectivity index (χ1n) is 5.33. The Hall–Kier alpha value is -2.06. The molecule has 0 spiro atoms. The van der Waals surface area contributed by atoms with Crippen LogP contribution in [-0.4, -0.2) is 19.2 Å². The number of ether oxygens (including phenoxy) is 2. The van der Waals surface area contributed by atoms with Crippen molar-refractivity contribution in [2.75, 3.05) is 14.2 Å². The molecule has 5 heteroatoms. The highest BCUT2D eigenvalue weighted by Gasteiger charge is 2.14. The summed E-state index contributed by atoms with van der Waals surface area (Å²) in [6.07, 6.45) is 2.10. The summed E-state index contributed by atoms with van der Waals surface area (Å²) < 4.78 is 10.6. The molecule has 0 aliphatic carbocycles. The van der Waals surface area contributed by atoms with Gasteiger partial charge >= 0.3 is 0 Å². The molecule has 0 aliphatic heterocycles. The van der Waals surface area contributed by atoms with E-state index in [-0.39, 0.29) is 0 Å². The van der Waals surface area contributed by atoms with Gasteiger partial charge in [0.25, 0.3) is 0 Å². The summed E-state index contributed by atoms with van der Waals surface area (Å²) >= 11 is 1.49. The van der Waals surface area contributed by atoms with Gasteiger partial charge in [-0.05, 0) is 12.1 Å². The molecule has 0 N–H and O–H groups in total. The highest BCUT2D eigenvalue weighted by Crippen LogP contribution is 2.39. The Balaban J connectivity index is 2.46. The van der Waals surface area contributed by atoms with Gasteiger partial charge in [0.1, 0.15) is 5.01 Å². The summed E-state index contributed by atoms with van der Waals surface area (Å²) in [5.74, 6) is 1.34. The summed E-state index contributed by atoms with van der Waals surface area (Å²) in [5, 5.41) is 9.50. The van der Waals surface area contributed by atoms with Crippen LogP contribution in [0.5, 0.6) is 11.5 Å². The molecule has 0 bridgehead atoms. The second kappa shape index (κ2) is 5.52. The van der Waals surface area contributed by atoms with Crippen LogP contribution in [-0.2, 0) is 6.42 Å². The highest BCUT2D eigenvalue weighted by molar-refractivity contribution is 7.15. The zero-order valence-corrected chi connectivity index (χ0v) is 11.0. The predicted molar refractivity (Wildman–Crippen MR) is 70.0 cm³/mol. The molecule has 92 valence electrons. The average molecular weight is 260 g/mol. The molecule has 0 saturated heterocycles. The molecule has 0 atom stereocenters. The Kier molecular flexibility index (Phi) is 3.80. The van der Waals surface area contributed by atoms with Crippen LogP contribution < -0.4 is 9.47 Å². The molecule has 2 rings (SSSR count). The number of aromatic nitrogens is 1. The van der Waals surface area contributed by atoms with Gasteiger partial charge in [-0.2, -0.15) is 5.26 Å². The number of hydrogen-bond acceptors (Lipinski definition) is 5. The van der Waals surface area contributed by atoms with Crippen molar-refractivity contribution < 1.29 is 9.47 Å². The molecule has 1 aromatic heterocycles. The monoisotopic (exact) mass is 260 g/mol. The van der Waals surface area contributed by atoms with E-state index in [0.29, 0.717) is 17.9 Å². The molecule has 0 radical (unpaired) electrons. The van der Waals surface area contributed by atoms with E-state index >= 15 is 0 Å². The van der Waals surface area contributed by atoms with Crippen LogP contribution in [0.25, 0.3) is 10.6 Å². The van der Waals surface area contributed by atoms with E-state index in [1.54, 1.807) is 20.4 Å². The van der Waals surface area contributed by atoms with Gasteiger partial charge in [-0.25, -0.2) is 4.98 Å². The topological polar surface area (TPSA) is 55.1 Å². The van der Waals surface area contributed by atoms with Gasteiger partial charge in [-0.1, -0.05) is 6.07 Å². The number of benzene rings is 1. The van der Waals surface area contributed by atoms with Gasteiger partial charge in [0.15, 0.2) is 11.5 Å². The molecular formula is C13H12N2O2S. The third kappa shape index (κ3) is 2.29. The standard InChI is InChI=1S/C13H12N2O2S/c1-16-11-5-3-4-10(12(11)17-2)13-15-8-9(18-13)6-7-14/h3-5,8H,6H2,1-2H3. The SMILES string of the molecule is COc1cccc(-c2ncc(CC#N)s2)c1OC. The molecule has 4 nitrogen and oxygen atoms in total. The number of rotatable bonds is 4. The number of hydrogen-bond donors (Lipinski definition) is 0. The van der Waals surface area contributed by atoms with Crippen molar-refractivity contribution in [3.05, 3.63) is 29.3 Å². The summed E-state index contributed by atoms with van der Waals surface area (Å²) in [6.45, 7) is 0. The molecule has 2 aromatic rings. The van der Waals surface area contributed by atoms with Gasteiger partial charge in [-0.3, -0.25) is 0 Å². The third-order valence-corrected chi connectivity index (χ3v) is 3.47. The quantitative estimate of drug-likeness (QED) is 0.848. The summed E-state index contributed by atoms with van der Waals surface area (Å²) in [7, 11) is 3.20. The number of thiazole rings is 1. The molecule has 0 amide bonds. The fourth-order valence-corrected chi connectivity index (χ4v) is 2.51. The minimum absolute atomic E-state index is 0.379. The van der Waals surface area contributed by atoms with Gasteiger partial charge in [0.2, 0.25) is 0 Å². The zero-order chi connectivity index (χ0) is 13.0. The van der Waals surface area contributed by atoms with Crippen molar-refractivity contribution in [2.45, 2.75) is 6.42 Å². The average Bonchev–Trinajstić information content (AvgIpc) is 2.86. The number of para-hydroxylation sites is 1. The first kappa shape index (κ1) is 12.4. The van der Waals surface area contributed by atoms with Crippen LogP contribution in [0, 0.1) is 11.3 Å². The molecule has 0 aliphatic rings. The van der Waals surface area contributed by atoms with Crippen molar-refractivity contribution >= 4 is 11.3 Å². The Morgan fingerprint density at radius 3 is 2.83 bits per heavy atom. The Morgan fingerprint density at radius 1 is 1.33 bits per heavy atom. The van der Waals surface area contributed by atoms with Crippen LogP contribution in [0.1, 0.15) is 4.88 Å². The van der Waals surface area contributed by atoms with Crippen molar-refractivity contribution in [2.24, 2.45) is 0 Å². The van der Waals surface area contributed by atoms with E-state index in [1.165, 1.54) is 11.3 Å². The summed E-state index contributed by atoms with van der Waals surface area (Å²) in [5.41, 5.74) is 0.881. The van der Waals surface area contributed by atoms with Gasteiger partial charge in [-0.15, -0.1) is 11.3 Å². The minimum Gasteiger partial charge on any atom is -0.493 e. The number of nitriles is 1. The van der Waals surface area contributed by atoms with E-state index in [4.69, 9.17) is 14.7 Å². The smallest absolute Gasteiger partial charge is 0.170 e. The second-order valence-electron chi connectivity index (χ2n) is 3.51. The van der Waals surface area contributed by atoms with Crippen molar-refractivity contribution in [3.8, 4) is 28.1 Å². The fourth-order valence-electron chi connectivity index (χ4n) is 1.65. The Bertz CT molecular complexity index is 587. The Labute approximate surface area is 109 Å². The molecule has 0 fully saturated rings. The lowest BCUT2D eigenvalue weighted by Crippen LogP contribution is -1.92. The first-order valence-corrected chi connectivity index (χ1v) is 6.14. The van der Waals surface area contributed by atoms with Gasteiger partial charge < -0.3 is 9.47 Å². The number of nitrogens with zero attached hydrogens (tertiary/aromatic N) is 2. The minimum atomic E-state index is 0.379. The molecule has 0 saturated carbocycles. The lowest BCUT2D eigenvalue weighted by Gasteiger charge is -2.10. The maximum absolute atomic E-state index is 8.67. The largest absolute Gasteiger partial charge is 0.493 e. The maximum Gasteiger partial charge on any atom is 0.170 e. The van der Waals surface area contributed by atoms with Gasteiger partial charge in [0, 0.05) is 11.1 Å². The zero-order valence-electron chi connectivity index (χ0n) is 10.1. The maximum atomic E-state index is 8.67. The fraction of sp³-hybridized carbons (Fsp3) is 0.231. The normalized spacial score (nSPS) is 9.83. The lowest BCUT2D eigenvalue weighted by atomic mass is 10.2. The lowest BCUT2D eigenvalue weighted by molar-refractivity contribution is 0.356. The van der Waals surface area contributed by atoms with Crippen LogP contribution >= 0.6 is 11.3 Å². The molecule has 1 heterocycles. The molecule has 18 heavy (non-hydrogen) atoms. The van der Waals surface area contributed by atoms with Crippen molar-refractivity contribution in [3.63, 3.8) is 0 Å². The van der Waals surface area contributed by atoms with Crippen LogP contribution in [0.3, 0.4) is 0 Å². The second-order valence-corrected chi connectivity index (χ2v) is 4.62. The van der Waals surface area contributed by atoms with Gasteiger partial charge in [0.05, 0.1) is 32.3 Å². The molecule has 1 aromatic carbocycles. The van der Waals surface area contributed by atoms with Crippen molar-refractivity contribution in [1.29, 1.82) is 5.26 Å². The summed E-state index contributed by atoms with van der Waals surface area (Å²) in [4.78, 5) is 5.26.